The summed E-state index contributed by atoms with van der Waals surface area (Å²) in [7, 11) is 0. The van der Waals surface area contributed by atoms with E-state index in [0.29, 0.717) is 32.4 Å². The number of hydrogen-bond acceptors (Lipinski definition) is 6. The van der Waals surface area contributed by atoms with Crippen molar-refractivity contribution in [1.29, 1.82) is 0 Å². The van der Waals surface area contributed by atoms with Crippen LogP contribution in [-0.2, 0) is 22.4 Å². The van der Waals surface area contributed by atoms with E-state index in [0.717, 1.165) is 36.8 Å². The average molecular weight is 514 g/mol. The maximum atomic E-state index is 13.3. The van der Waals surface area contributed by atoms with Gasteiger partial charge in [0.1, 0.15) is 11.6 Å². The number of carbonyl (C=O) groups excluding carboxylic acids is 2. The standard InChI is InChI=1S/C28H40FN5O3/c1-20(31)18-33-19-34(28(37)26(33)17-22-10-14-25(35)15-11-22)32-27(36)23(6-2-3-16-30)7-4-5-21-8-12-24(29)13-9-21/h8-15,20,23,26,35H,2-7,16-19,30-31H2,1H3,(H,32,36)/t20-,23?,26+/m0/s1. The number of nitrogens with two attached hydrogens (primary N) is 2. The molecule has 1 fully saturated rings. The van der Waals surface area contributed by atoms with Gasteiger partial charge < -0.3 is 16.6 Å². The fourth-order valence-corrected chi connectivity index (χ4v) is 4.77. The van der Waals surface area contributed by atoms with Crippen LogP contribution >= 0.6 is 0 Å². The largest absolute Gasteiger partial charge is 0.508 e. The van der Waals surface area contributed by atoms with Crippen LogP contribution in [-0.4, -0.2) is 58.7 Å². The van der Waals surface area contributed by atoms with Gasteiger partial charge in [-0.2, -0.15) is 0 Å². The number of benzene rings is 2. The van der Waals surface area contributed by atoms with Crippen molar-refractivity contribution in [3.05, 3.63) is 65.5 Å². The molecule has 2 aromatic carbocycles. The van der Waals surface area contributed by atoms with Crippen molar-refractivity contribution in [2.24, 2.45) is 17.4 Å². The summed E-state index contributed by atoms with van der Waals surface area (Å²) in [5, 5.41) is 11.0. The van der Waals surface area contributed by atoms with Crippen LogP contribution in [0.4, 0.5) is 4.39 Å². The van der Waals surface area contributed by atoms with Crippen molar-refractivity contribution in [2.75, 3.05) is 19.8 Å². The zero-order chi connectivity index (χ0) is 26.8. The van der Waals surface area contributed by atoms with Crippen LogP contribution in [0.1, 0.15) is 50.2 Å². The Morgan fingerprint density at radius 2 is 1.73 bits per heavy atom. The van der Waals surface area contributed by atoms with Crippen LogP contribution in [0.5, 0.6) is 5.75 Å². The summed E-state index contributed by atoms with van der Waals surface area (Å²) in [5.41, 5.74) is 16.5. The molecule has 0 aromatic heterocycles. The molecular weight excluding hydrogens is 473 g/mol. The number of nitrogens with zero attached hydrogens (tertiary/aromatic N) is 2. The van der Waals surface area contributed by atoms with Crippen molar-refractivity contribution in [1.82, 2.24) is 15.3 Å². The molecule has 0 aliphatic carbocycles. The summed E-state index contributed by atoms with van der Waals surface area (Å²) < 4.78 is 13.2. The molecule has 1 aliphatic rings. The summed E-state index contributed by atoms with van der Waals surface area (Å²) in [6.45, 7) is 3.23. The molecule has 1 heterocycles. The molecule has 1 saturated heterocycles. The second-order valence-corrected chi connectivity index (χ2v) is 10.0. The molecule has 0 radical (unpaired) electrons. The second kappa shape index (κ2) is 14.1. The first-order chi connectivity index (χ1) is 17.8. The summed E-state index contributed by atoms with van der Waals surface area (Å²) in [4.78, 5) is 28.6. The zero-order valence-corrected chi connectivity index (χ0v) is 21.6. The maximum absolute atomic E-state index is 13.3. The Kier molecular flexibility index (Phi) is 10.9. The molecule has 37 heavy (non-hydrogen) atoms. The number of hydrazine groups is 1. The number of phenols is 1. The molecule has 2 aromatic rings. The summed E-state index contributed by atoms with van der Waals surface area (Å²) in [6.07, 6.45) is 5.00. The SMILES string of the molecule is C[C@H](N)CN1CN(NC(=O)C(CCCCN)CCCc2ccc(F)cc2)C(=O)[C@H]1Cc1ccc(O)cc1. The van der Waals surface area contributed by atoms with Gasteiger partial charge in [-0.1, -0.05) is 30.7 Å². The van der Waals surface area contributed by atoms with Crippen molar-refractivity contribution in [2.45, 2.75) is 64.0 Å². The molecule has 8 nitrogen and oxygen atoms in total. The van der Waals surface area contributed by atoms with Crippen LogP contribution in [0.3, 0.4) is 0 Å². The van der Waals surface area contributed by atoms with Gasteiger partial charge >= 0.3 is 0 Å². The van der Waals surface area contributed by atoms with Crippen molar-refractivity contribution >= 4 is 11.8 Å². The third kappa shape index (κ3) is 8.80. The van der Waals surface area contributed by atoms with Gasteiger partial charge in [0.25, 0.3) is 5.91 Å². The first-order valence-corrected chi connectivity index (χ1v) is 13.1. The minimum absolute atomic E-state index is 0.138. The fourth-order valence-electron chi connectivity index (χ4n) is 4.77. The van der Waals surface area contributed by atoms with E-state index in [4.69, 9.17) is 11.5 Å². The van der Waals surface area contributed by atoms with E-state index in [-0.39, 0.29) is 42.0 Å². The normalized spacial score (nSPS) is 17.7. The van der Waals surface area contributed by atoms with Gasteiger partial charge in [-0.3, -0.25) is 19.9 Å². The highest BCUT2D eigenvalue weighted by Crippen LogP contribution is 2.22. The van der Waals surface area contributed by atoms with E-state index in [9.17, 15) is 19.1 Å². The Morgan fingerprint density at radius 3 is 2.38 bits per heavy atom. The monoisotopic (exact) mass is 513 g/mol. The average Bonchev–Trinajstić information content (AvgIpc) is 3.13. The predicted octanol–water partition coefficient (Wildman–Crippen LogP) is 2.69. The third-order valence-corrected chi connectivity index (χ3v) is 6.76. The van der Waals surface area contributed by atoms with E-state index < -0.39 is 6.04 Å². The molecule has 0 spiro atoms. The summed E-state index contributed by atoms with van der Waals surface area (Å²) in [6, 6.07) is 12.6. The molecular formula is C28H40FN5O3. The lowest BCUT2D eigenvalue weighted by Crippen LogP contribution is -2.47. The van der Waals surface area contributed by atoms with Gasteiger partial charge in [-0.25, -0.2) is 9.40 Å². The van der Waals surface area contributed by atoms with Crippen molar-refractivity contribution in [3.8, 4) is 5.75 Å². The first-order valence-electron chi connectivity index (χ1n) is 13.1. The maximum Gasteiger partial charge on any atom is 0.259 e. The zero-order valence-electron chi connectivity index (χ0n) is 21.6. The highest BCUT2D eigenvalue weighted by atomic mass is 19.1. The number of aromatic hydroxyl groups is 1. The number of nitrogens with one attached hydrogen (secondary N) is 1. The Balaban J connectivity index is 1.63. The van der Waals surface area contributed by atoms with Gasteiger partial charge in [-0.05, 0) is 87.4 Å². The Morgan fingerprint density at radius 1 is 1.08 bits per heavy atom. The minimum Gasteiger partial charge on any atom is -0.508 e. The van der Waals surface area contributed by atoms with E-state index >= 15 is 0 Å². The summed E-state index contributed by atoms with van der Waals surface area (Å²) in [5.74, 6) is -0.690. The number of rotatable bonds is 14. The third-order valence-electron chi connectivity index (χ3n) is 6.76. The van der Waals surface area contributed by atoms with Crippen LogP contribution in [0.25, 0.3) is 0 Å². The van der Waals surface area contributed by atoms with Gasteiger partial charge in [0.05, 0.1) is 12.7 Å². The van der Waals surface area contributed by atoms with Crippen LogP contribution in [0.2, 0.25) is 0 Å². The highest BCUT2D eigenvalue weighted by molar-refractivity contribution is 5.87. The van der Waals surface area contributed by atoms with Crippen LogP contribution < -0.4 is 16.9 Å². The van der Waals surface area contributed by atoms with E-state index in [2.05, 4.69) is 5.43 Å². The lowest BCUT2D eigenvalue weighted by atomic mass is 9.94. The summed E-state index contributed by atoms with van der Waals surface area (Å²) >= 11 is 0. The molecule has 0 bridgehead atoms. The van der Waals surface area contributed by atoms with E-state index in [1.54, 1.807) is 36.4 Å². The predicted molar refractivity (Wildman–Crippen MR) is 142 cm³/mol. The van der Waals surface area contributed by atoms with E-state index in [1.165, 1.54) is 17.1 Å². The smallest absolute Gasteiger partial charge is 0.259 e. The Bertz CT molecular complexity index is 1000. The Labute approximate surface area is 218 Å². The van der Waals surface area contributed by atoms with Crippen LogP contribution in [0, 0.1) is 11.7 Å². The number of amides is 2. The quantitative estimate of drug-likeness (QED) is 0.288. The number of carbonyl (C=O) groups is 2. The molecule has 3 atom stereocenters. The lowest BCUT2D eigenvalue weighted by Gasteiger charge is -2.24. The van der Waals surface area contributed by atoms with Gasteiger partial charge in [0, 0.05) is 18.5 Å². The van der Waals surface area contributed by atoms with Gasteiger partial charge in [-0.15, -0.1) is 0 Å². The molecule has 9 heteroatoms. The second-order valence-electron chi connectivity index (χ2n) is 10.0. The molecule has 3 rings (SSSR count). The van der Waals surface area contributed by atoms with Crippen molar-refractivity contribution in [3.63, 3.8) is 0 Å². The first kappa shape index (κ1) is 28.6. The number of aryl methyl sites for hydroxylation is 1. The molecule has 1 unspecified atom stereocenters. The molecule has 0 saturated carbocycles. The lowest BCUT2D eigenvalue weighted by molar-refractivity contribution is -0.141. The van der Waals surface area contributed by atoms with Crippen LogP contribution in [0.15, 0.2) is 48.5 Å². The molecule has 202 valence electrons. The van der Waals surface area contributed by atoms with Crippen molar-refractivity contribution < 1.29 is 19.1 Å². The molecule has 2 amide bonds. The minimum atomic E-state index is -0.454. The van der Waals surface area contributed by atoms with Gasteiger partial charge in [0.2, 0.25) is 5.91 Å². The molecule has 6 N–H and O–H groups in total. The highest BCUT2D eigenvalue weighted by Gasteiger charge is 2.40. The van der Waals surface area contributed by atoms with E-state index in [1.807, 2.05) is 11.8 Å². The topological polar surface area (TPSA) is 125 Å². The number of phenolic OH excluding ortho intramolecular Hbond substituents is 1. The fraction of sp³-hybridized carbons (Fsp3) is 0.500. The number of hydrogen-bond donors (Lipinski definition) is 4. The molecule has 1 aliphatic heterocycles. The van der Waals surface area contributed by atoms with Gasteiger partial charge in [0.15, 0.2) is 0 Å². The Hall–Kier alpha value is -3.01. The number of halogens is 1. The number of unbranched alkanes of at least 4 members (excludes halogenated alkanes) is 1.